The van der Waals surface area contributed by atoms with Crippen molar-refractivity contribution in [1.82, 2.24) is 5.32 Å². The molecule has 0 aliphatic carbocycles. The number of benzene rings is 1. The van der Waals surface area contributed by atoms with Gasteiger partial charge in [-0.2, -0.15) is 0 Å². The lowest BCUT2D eigenvalue weighted by molar-refractivity contribution is 0.0955. The van der Waals surface area contributed by atoms with Crippen molar-refractivity contribution in [3.8, 4) is 0 Å². The van der Waals surface area contributed by atoms with E-state index >= 15 is 0 Å². The highest BCUT2D eigenvalue weighted by Crippen LogP contribution is 2.21. The van der Waals surface area contributed by atoms with Gasteiger partial charge in [-0.25, -0.2) is 13.6 Å². The van der Waals surface area contributed by atoms with Crippen LogP contribution in [0.4, 0.5) is 0 Å². The maximum absolute atomic E-state index is 11.9. The Balaban J connectivity index is 2.09. The Labute approximate surface area is 125 Å². The predicted molar refractivity (Wildman–Crippen MR) is 78.3 cm³/mol. The van der Waals surface area contributed by atoms with Crippen LogP contribution in [0, 0.1) is 0 Å². The van der Waals surface area contributed by atoms with Crippen molar-refractivity contribution in [1.29, 1.82) is 0 Å². The molecule has 106 valence electrons. The fraction of sp³-hybridized carbons (Fsp3) is 0.0833. The summed E-state index contributed by atoms with van der Waals surface area (Å²) in [4.78, 5) is 12.3. The number of thiophene rings is 1. The molecule has 2 aromatic rings. The van der Waals surface area contributed by atoms with Crippen molar-refractivity contribution in [3.05, 3.63) is 51.2 Å². The van der Waals surface area contributed by atoms with Crippen LogP contribution in [0.2, 0.25) is 5.02 Å². The lowest BCUT2D eigenvalue weighted by atomic mass is 10.2. The van der Waals surface area contributed by atoms with E-state index in [4.69, 9.17) is 16.7 Å². The quantitative estimate of drug-likeness (QED) is 0.898. The van der Waals surface area contributed by atoms with Gasteiger partial charge in [0.15, 0.2) is 0 Å². The zero-order valence-corrected chi connectivity index (χ0v) is 12.6. The third-order valence-corrected chi connectivity index (χ3v) is 4.75. The van der Waals surface area contributed by atoms with Crippen molar-refractivity contribution >= 4 is 38.9 Å². The molecule has 1 aromatic carbocycles. The monoisotopic (exact) mass is 330 g/mol. The summed E-state index contributed by atoms with van der Waals surface area (Å²) in [6.07, 6.45) is 0. The summed E-state index contributed by atoms with van der Waals surface area (Å²) in [5, 5.41) is 9.84. The number of hydrogen-bond donors (Lipinski definition) is 2. The first-order valence-electron chi connectivity index (χ1n) is 5.51. The molecule has 5 nitrogen and oxygen atoms in total. The van der Waals surface area contributed by atoms with Gasteiger partial charge >= 0.3 is 0 Å². The van der Waals surface area contributed by atoms with Crippen molar-refractivity contribution in [2.75, 3.05) is 0 Å². The third kappa shape index (κ3) is 3.57. The molecular weight excluding hydrogens is 320 g/mol. The highest BCUT2D eigenvalue weighted by Gasteiger charge is 2.12. The van der Waals surface area contributed by atoms with Crippen molar-refractivity contribution in [2.45, 2.75) is 11.4 Å². The first kappa shape index (κ1) is 15.0. The van der Waals surface area contributed by atoms with Gasteiger partial charge in [-0.1, -0.05) is 23.7 Å². The number of primary sulfonamides is 1. The second-order valence-corrected chi connectivity index (χ2v) is 6.86. The van der Waals surface area contributed by atoms with E-state index in [9.17, 15) is 13.2 Å². The van der Waals surface area contributed by atoms with E-state index in [0.717, 1.165) is 0 Å². The fourth-order valence-corrected chi connectivity index (χ4v) is 3.19. The number of amides is 1. The Morgan fingerprint density at radius 1 is 1.35 bits per heavy atom. The SMILES string of the molecule is NS(=O)(=O)c1cccc(CNC(=O)c2sccc2Cl)c1. The molecule has 1 aromatic heterocycles. The molecule has 0 saturated carbocycles. The molecule has 0 bridgehead atoms. The van der Waals surface area contributed by atoms with E-state index in [1.54, 1.807) is 23.6 Å². The predicted octanol–water partition coefficient (Wildman–Crippen LogP) is 1.98. The second kappa shape index (κ2) is 5.92. The summed E-state index contributed by atoms with van der Waals surface area (Å²) in [6, 6.07) is 7.73. The summed E-state index contributed by atoms with van der Waals surface area (Å²) in [6.45, 7) is 0.191. The maximum atomic E-state index is 11.9. The van der Waals surface area contributed by atoms with Crippen molar-refractivity contribution < 1.29 is 13.2 Å². The Morgan fingerprint density at radius 3 is 2.70 bits per heavy atom. The molecule has 20 heavy (non-hydrogen) atoms. The number of carbonyl (C=O) groups excluding carboxylic acids is 1. The topological polar surface area (TPSA) is 89.3 Å². The Hall–Kier alpha value is -1.41. The van der Waals surface area contributed by atoms with Crippen LogP contribution in [0.5, 0.6) is 0 Å². The summed E-state index contributed by atoms with van der Waals surface area (Å²) in [5.41, 5.74) is 0.637. The van der Waals surface area contributed by atoms with Crippen molar-refractivity contribution in [3.63, 3.8) is 0 Å². The summed E-state index contributed by atoms with van der Waals surface area (Å²) < 4.78 is 22.5. The number of hydrogen-bond acceptors (Lipinski definition) is 4. The fourth-order valence-electron chi connectivity index (χ4n) is 1.55. The average Bonchev–Trinajstić information content (AvgIpc) is 2.82. The van der Waals surface area contributed by atoms with Gasteiger partial charge in [0.05, 0.1) is 9.92 Å². The molecule has 2 rings (SSSR count). The molecule has 0 saturated heterocycles. The minimum atomic E-state index is -3.75. The van der Waals surface area contributed by atoms with Crippen LogP contribution < -0.4 is 10.5 Å². The highest BCUT2D eigenvalue weighted by atomic mass is 35.5. The van der Waals surface area contributed by atoms with Crippen LogP contribution in [0.25, 0.3) is 0 Å². The largest absolute Gasteiger partial charge is 0.347 e. The molecule has 0 fully saturated rings. The minimum absolute atomic E-state index is 0.0124. The normalized spacial score (nSPS) is 11.3. The molecule has 0 aliphatic rings. The number of halogens is 1. The van der Waals surface area contributed by atoms with Gasteiger partial charge in [0.25, 0.3) is 5.91 Å². The van der Waals surface area contributed by atoms with E-state index in [0.29, 0.717) is 15.5 Å². The van der Waals surface area contributed by atoms with Crippen LogP contribution in [-0.2, 0) is 16.6 Å². The number of nitrogens with two attached hydrogens (primary N) is 1. The zero-order valence-electron chi connectivity index (χ0n) is 10.2. The molecule has 0 radical (unpaired) electrons. The van der Waals surface area contributed by atoms with Crippen LogP contribution in [0.1, 0.15) is 15.2 Å². The van der Waals surface area contributed by atoms with E-state index in [1.165, 1.54) is 23.5 Å². The standard InChI is InChI=1S/C12H11ClN2O3S2/c13-10-4-5-19-11(10)12(16)15-7-8-2-1-3-9(6-8)20(14,17)18/h1-6H,7H2,(H,15,16)(H2,14,17,18). The Kier molecular flexibility index (Phi) is 4.44. The third-order valence-electron chi connectivity index (χ3n) is 2.50. The number of sulfonamides is 1. The van der Waals surface area contributed by atoms with Crippen LogP contribution in [-0.4, -0.2) is 14.3 Å². The van der Waals surface area contributed by atoms with E-state index in [-0.39, 0.29) is 17.3 Å². The van der Waals surface area contributed by atoms with Crippen LogP contribution in [0.3, 0.4) is 0 Å². The van der Waals surface area contributed by atoms with Gasteiger partial charge in [0.2, 0.25) is 10.0 Å². The molecule has 8 heteroatoms. The Bertz CT molecular complexity index is 741. The lowest BCUT2D eigenvalue weighted by Gasteiger charge is -2.06. The van der Waals surface area contributed by atoms with Gasteiger partial charge in [-0.05, 0) is 29.1 Å². The first-order valence-corrected chi connectivity index (χ1v) is 8.31. The first-order chi connectivity index (χ1) is 9.38. The van der Waals surface area contributed by atoms with E-state index in [2.05, 4.69) is 5.32 Å². The highest BCUT2D eigenvalue weighted by molar-refractivity contribution is 7.89. The van der Waals surface area contributed by atoms with Gasteiger partial charge in [0, 0.05) is 6.54 Å². The molecule has 0 aliphatic heterocycles. The number of carbonyl (C=O) groups is 1. The summed E-state index contributed by atoms with van der Waals surface area (Å²) >= 11 is 7.10. The average molecular weight is 331 g/mol. The molecule has 1 amide bonds. The minimum Gasteiger partial charge on any atom is -0.347 e. The van der Waals surface area contributed by atoms with Crippen LogP contribution >= 0.6 is 22.9 Å². The van der Waals surface area contributed by atoms with Gasteiger partial charge in [0.1, 0.15) is 4.88 Å². The number of rotatable bonds is 4. The molecule has 0 spiro atoms. The molecule has 1 heterocycles. The smallest absolute Gasteiger partial charge is 0.263 e. The molecule has 0 atom stereocenters. The summed E-state index contributed by atoms with van der Waals surface area (Å²) in [5.74, 6) is -0.300. The molecule has 3 N–H and O–H groups in total. The zero-order chi connectivity index (χ0) is 14.8. The van der Waals surface area contributed by atoms with Gasteiger partial charge in [-0.3, -0.25) is 4.79 Å². The summed E-state index contributed by atoms with van der Waals surface area (Å²) in [7, 11) is -3.75. The maximum Gasteiger partial charge on any atom is 0.263 e. The second-order valence-electron chi connectivity index (χ2n) is 3.97. The van der Waals surface area contributed by atoms with Gasteiger partial charge in [-0.15, -0.1) is 11.3 Å². The number of nitrogens with one attached hydrogen (secondary N) is 1. The Morgan fingerprint density at radius 2 is 2.10 bits per heavy atom. The molecule has 0 unspecified atom stereocenters. The molecular formula is C12H11ClN2O3S2. The lowest BCUT2D eigenvalue weighted by Crippen LogP contribution is -2.22. The van der Waals surface area contributed by atoms with Crippen LogP contribution in [0.15, 0.2) is 40.6 Å². The van der Waals surface area contributed by atoms with E-state index < -0.39 is 10.0 Å². The van der Waals surface area contributed by atoms with Gasteiger partial charge < -0.3 is 5.32 Å². The van der Waals surface area contributed by atoms with E-state index in [1.807, 2.05) is 0 Å². The van der Waals surface area contributed by atoms with Crippen molar-refractivity contribution in [2.24, 2.45) is 5.14 Å².